The van der Waals surface area contributed by atoms with Crippen molar-refractivity contribution in [1.82, 2.24) is 5.32 Å². The first-order valence-electron chi connectivity index (χ1n) is 8.19. The lowest BCUT2D eigenvalue weighted by molar-refractivity contribution is 0.0963. The summed E-state index contributed by atoms with van der Waals surface area (Å²) in [6.07, 6.45) is 0. The summed E-state index contributed by atoms with van der Waals surface area (Å²) < 4.78 is 5.39. The summed E-state index contributed by atoms with van der Waals surface area (Å²) in [5, 5.41) is 7.16. The molecule has 0 bridgehead atoms. The molecule has 6 heteroatoms. The second-order valence-electron chi connectivity index (χ2n) is 6.10. The molecule has 0 fully saturated rings. The molecule has 3 rings (SSSR count). The van der Waals surface area contributed by atoms with Crippen molar-refractivity contribution in [2.75, 3.05) is 12.4 Å². The van der Waals surface area contributed by atoms with Crippen LogP contribution < -0.4 is 16.3 Å². The third kappa shape index (κ3) is 3.44. The summed E-state index contributed by atoms with van der Waals surface area (Å²) in [6.45, 7) is 4.28. The molecular weight excluding hydrogens is 352 g/mol. The van der Waals surface area contributed by atoms with Gasteiger partial charge in [-0.15, -0.1) is 0 Å². The minimum Gasteiger partial charge on any atom is -0.422 e. The number of fused-ring (bicyclic) bond motifs is 1. The first kappa shape index (κ1) is 18.0. The lowest BCUT2D eigenvalue weighted by Crippen LogP contribution is -2.18. The molecule has 0 aliphatic rings. The Hall–Kier alpha value is -2.79. The van der Waals surface area contributed by atoms with Gasteiger partial charge in [-0.05, 0) is 48.7 Å². The Morgan fingerprint density at radius 2 is 1.92 bits per heavy atom. The van der Waals surface area contributed by atoms with Gasteiger partial charge in [0.1, 0.15) is 5.58 Å². The number of carbonyl (C=O) groups excluding carboxylic acids is 1. The van der Waals surface area contributed by atoms with Gasteiger partial charge in [0, 0.05) is 30.6 Å². The highest BCUT2D eigenvalue weighted by Crippen LogP contribution is 2.26. The zero-order valence-electron chi connectivity index (χ0n) is 14.8. The first-order valence-corrected chi connectivity index (χ1v) is 8.57. The summed E-state index contributed by atoms with van der Waals surface area (Å²) in [7, 11) is 1.57. The highest BCUT2D eigenvalue weighted by atomic mass is 35.5. The Bertz CT molecular complexity index is 1060. The van der Waals surface area contributed by atoms with Crippen molar-refractivity contribution in [3.63, 3.8) is 0 Å². The number of carbonyl (C=O) groups is 1. The van der Waals surface area contributed by atoms with Crippen molar-refractivity contribution in [2.45, 2.75) is 20.4 Å². The standard InChI is InChI=1S/C20H19ClN2O3/c1-11-4-6-15-14(9-18(24)26-19(15)12(11)2)10-23-17-8-13(20(25)22-3)5-7-16(17)21/h4-9,23H,10H2,1-3H3,(H,22,25). The molecule has 0 saturated carbocycles. The van der Waals surface area contributed by atoms with Crippen molar-refractivity contribution >= 4 is 34.2 Å². The molecule has 0 saturated heterocycles. The van der Waals surface area contributed by atoms with Crippen LogP contribution in [0.2, 0.25) is 5.02 Å². The van der Waals surface area contributed by atoms with E-state index in [0.717, 1.165) is 22.1 Å². The smallest absolute Gasteiger partial charge is 0.336 e. The predicted molar refractivity (Wildman–Crippen MR) is 104 cm³/mol. The molecule has 134 valence electrons. The van der Waals surface area contributed by atoms with Gasteiger partial charge in [0.05, 0.1) is 10.7 Å². The van der Waals surface area contributed by atoms with E-state index in [9.17, 15) is 9.59 Å². The van der Waals surface area contributed by atoms with Crippen LogP contribution in [0, 0.1) is 13.8 Å². The van der Waals surface area contributed by atoms with Crippen LogP contribution in [-0.2, 0) is 6.54 Å². The number of aryl methyl sites for hydroxylation is 2. The Balaban J connectivity index is 1.97. The molecule has 0 unspecified atom stereocenters. The van der Waals surface area contributed by atoms with Crippen LogP contribution in [0.3, 0.4) is 0 Å². The largest absolute Gasteiger partial charge is 0.422 e. The summed E-state index contributed by atoms with van der Waals surface area (Å²) in [5.41, 5.74) is 4.14. The Labute approximate surface area is 156 Å². The maximum absolute atomic E-state index is 12.0. The van der Waals surface area contributed by atoms with Crippen LogP contribution in [0.1, 0.15) is 27.0 Å². The van der Waals surface area contributed by atoms with E-state index in [1.54, 1.807) is 25.2 Å². The zero-order valence-corrected chi connectivity index (χ0v) is 15.5. The van der Waals surface area contributed by atoms with Crippen molar-refractivity contribution in [3.8, 4) is 0 Å². The van der Waals surface area contributed by atoms with Crippen molar-refractivity contribution < 1.29 is 9.21 Å². The molecule has 0 radical (unpaired) electrons. The molecule has 1 heterocycles. The van der Waals surface area contributed by atoms with E-state index in [0.29, 0.717) is 28.4 Å². The minimum atomic E-state index is -0.395. The molecule has 5 nitrogen and oxygen atoms in total. The lowest BCUT2D eigenvalue weighted by Gasteiger charge is -2.12. The van der Waals surface area contributed by atoms with Crippen molar-refractivity contribution in [1.29, 1.82) is 0 Å². The van der Waals surface area contributed by atoms with Gasteiger partial charge in [-0.3, -0.25) is 4.79 Å². The van der Waals surface area contributed by atoms with E-state index in [1.807, 2.05) is 26.0 Å². The van der Waals surface area contributed by atoms with Crippen molar-refractivity contribution in [3.05, 3.63) is 74.1 Å². The zero-order chi connectivity index (χ0) is 18.8. The summed E-state index contributed by atoms with van der Waals surface area (Å²) >= 11 is 6.23. The fourth-order valence-corrected chi connectivity index (χ4v) is 2.99. The van der Waals surface area contributed by atoms with Gasteiger partial charge in [-0.25, -0.2) is 4.79 Å². The van der Waals surface area contributed by atoms with E-state index in [2.05, 4.69) is 10.6 Å². The summed E-state index contributed by atoms with van der Waals surface area (Å²) in [6, 6.07) is 10.4. The lowest BCUT2D eigenvalue weighted by atomic mass is 10.0. The second kappa shape index (κ2) is 7.22. The molecule has 1 aromatic heterocycles. The average molecular weight is 371 g/mol. The van der Waals surface area contributed by atoms with Gasteiger partial charge in [0.25, 0.3) is 5.91 Å². The summed E-state index contributed by atoms with van der Waals surface area (Å²) in [5.74, 6) is -0.193. The Morgan fingerprint density at radius 1 is 1.15 bits per heavy atom. The SMILES string of the molecule is CNC(=O)c1ccc(Cl)c(NCc2cc(=O)oc3c(C)c(C)ccc23)c1. The number of anilines is 1. The fourth-order valence-electron chi connectivity index (χ4n) is 2.81. The number of rotatable bonds is 4. The molecule has 3 aromatic rings. The number of halogens is 1. The van der Waals surface area contributed by atoms with Gasteiger partial charge < -0.3 is 15.1 Å². The predicted octanol–water partition coefficient (Wildman–Crippen LogP) is 4.03. The Morgan fingerprint density at radius 3 is 2.65 bits per heavy atom. The average Bonchev–Trinajstić information content (AvgIpc) is 2.63. The van der Waals surface area contributed by atoms with Crippen LogP contribution in [0.4, 0.5) is 5.69 Å². The molecule has 26 heavy (non-hydrogen) atoms. The third-order valence-electron chi connectivity index (χ3n) is 4.44. The van der Waals surface area contributed by atoms with Crippen LogP contribution in [-0.4, -0.2) is 13.0 Å². The molecule has 0 spiro atoms. The maximum Gasteiger partial charge on any atom is 0.336 e. The molecule has 0 aliphatic carbocycles. The summed E-state index contributed by atoms with van der Waals surface area (Å²) in [4.78, 5) is 23.8. The van der Waals surface area contributed by atoms with E-state index in [-0.39, 0.29) is 5.91 Å². The van der Waals surface area contributed by atoms with Crippen LogP contribution in [0.15, 0.2) is 45.6 Å². The quantitative estimate of drug-likeness (QED) is 0.680. The second-order valence-corrected chi connectivity index (χ2v) is 6.51. The van der Waals surface area contributed by atoms with Gasteiger partial charge in [0.2, 0.25) is 0 Å². The molecule has 0 aliphatic heterocycles. The maximum atomic E-state index is 12.0. The molecular formula is C20H19ClN2O3. The van der Waals surface area contributed by atoms with E-state index in [1.165, 1.54) is 6.07 Å². The number of amides is 1. The first-order chi connectivity index (χ1) is 12.4. The highest BCUT2D eigenvalue weighted by Gasteiger charge is 2.11. The topological polar surface area (TPSA) is 71.3 Å². The number of hydrogen-bond acceptors (Lipinski definition) is 4. The third-order valence-corrected chi connectivity index (χ3v) is 4.77. The fraction of sp³-hybridized carbons (Fsp3) is 0.200. The highest BCUT2D eigenvalue weighted by molar-refractivity contribution is 6.33. The molecule has 0 atom stereocenters. The van der Waals surface area contributed by atoms with Gasteiger partial charge in [0.15, 0.2) is 0 Å². The van der Waals surface area contributed by atoms with Crippen molar-refractivity contribution in [2.24, 2.45) is 0 Å². The molecule has 2 N–H and O–H groups in total. The van der Waals surface area contributed by atoms with E-state index >= 15 is 0 Å². The number of nitrogens with one attached hydrogen (secondary N) is 2. The normalized spacial score (nSPS) is 10.8. The van der Waals surface area contributed by atoms with E-state index in [4.69, 9.17) is 16.0 Å². The van der Waals surface area contributed by atoms with Crippen LogP contribution in [0.25, 0.3) is 11.0 Å². The molecule has 1 amide bonds. The van der Waals surface area contributed by atoms with Crippen LogP contribution in [0.5, 0.6) is 0 Å². The molecule has 2 aromatic carbocycles. The van der Waals surface area contributed by atoms with E-state index < -0.39 is 5.63 Å². The van der Waals surface area contributed by atoms with Gasteiger partial charge in [-0.2, -0.15) is 0 Å². The Kier molecular flexibility index (Phi) is 5.00. The minimum absolute atomic E-state index is 0.193. The number of benzene rings is 2. The van der Waals surface area contributed by atoms with Gasteiger partial charge in [-0.1, -0.05) is 23.7 Å². The monoisotopic (exact) mass is 370 g/mol. The van der Waals surface area contributed by atoms with Crippen LogP contribution >= 0.6 is 11.6 Å². The van der Waals surface area contributed by atoms with Gasteiger partial charge >= 0.3 is 5.63 Å². The number of hydrogen-bond donors (Lipinski definition) is 2.